The third-order valence-electron chi connectivity index (χ3n) is 3.16. The quantitative estimate of drug-likeness (QED) is 0.655. The van der Waals surface area contributed by atoms with Gasteiger partial charge in [0.05, 0.1) is 7.11 Å². The van der Waals surface area contributed by atoms with Gasteiger partial charge in [-0.2, -0.15) is 0 Å². The van der Waals surface area contributed by atoms with Crippen LogP contribution in [0.4, 0.5) is 0 Å². The summed E-state index contributed by atoms with van der Waals surface area (Å²) in [6.07, 6.45) is 1.79. The zero-order valence-electron chi connectivity index (χ0n) is 10.8. The second kappa shape index (κ2) is 4.94. The SMILES string of the molecule is COc1ccc(/C=C2\NC(=S)NC2=O)c2ccccc12. The molecule has 1 fully saturated rings. The van der Waals surface area contributed by atoms with Crippen LogP contribution in [-0.4, -0.2) is 18.1 Å². The van der Waals surface area contributed by atoms with Crippen molar-refractivity contribution in [3.05, 3.63) is 47.7 Å². The van der Waals surface area contributed by atoms with Gasteiger partial charge in [-0.05, 0) is 35.3 Å². The third kappa shape index (κ3) is 2.12. The molecule has 0 spiro atoms. The molecule has 0 radical (unpaired) electrons. The Kier molecular flexibility index (Phi) is 3.12. The highest BCUT2D eigenvalue weighted by Crippen LogP contribution is 2.29. The van der Waals surface area contributed by atoms with Crippen molar-refractivity contribution in [3.63, 3.8) is 0 Å². The molecule has 100 valence electrons. The number of hydrogen-bond donors (Lipinski definition) is 2. The van der Waals surface area contributed by atoms with E-state index in [1.807, 2.05) is 36.4 Å². The molecule has 2 aromatic rings. The first-order valence-electron chi connectivity index (χ1n) is 6.09. The predicted molar refractivity (Wildman–Crippen MR) is 82.4 cm³/mol. The molecule has 5 heteroatoms. The molecule has 20 heavy (non-hydrogen) atoms. The fraction of sp³-hybridized carbons (Fsp3) is 0.0667. The monoisotopic (exact) mass is 284 g/mol. The van der Waals surface area contributed by atoms with Crippen molar-refractivity contribution in [3.8, 4) is 5.75 Å². The number of fused-ring (bicyclic) bond motifs is 1. The summed E-state index contributed by atoms with van der Waals surface area (Å²) < 4.78 is 5.35. The molecule has 1 amide bonds. The number of carbonyl (C=O) groups excluding carboxylic acids is 1. The van der Waals surface area contributed by atoms with Crippen molar-refractivity contribution in [2.45, 2.75) is 0 Å². The van der Waals surface area contributed by atoms with E-state index in [0.29, 0.717) is 10.8 Å². The Morgan fingerprint density at radius 3 is 2.50 bits per heavy atom. The van der Waals surface area contributed by atoms with E-state index in [9.17, 15) is 4.79 Å². The number of carbonyl (C=O) groups is 1. The van der Waals surface area contributed by atoms with Gasteiger partial charge >= 0.3 is 0 Å². The van der Waals surface area contributed by atoms with E-state index in [1.165, 1.54) is 0 Å². The summed E-state index contributed by atoms with van der Waals surface area (Å²) >= 11 is 4.92. The number of amides is 1. The molecular weight excluding hydrogens is 272 g/mol. The molecule has 4 nitrogen and oxygen atoms in total. The van der Waals surface area contributed by atoms with E-state index >= 15 is 0 Å². The van der Waals surface area contributed by atoms with Gasteiger partial charge in [0.15, 0.2) is 5.11 Å². The predicted octanol–water partition coefficient (Wildman–Crippen LogP) is 2.19. The summed E-state index contributed by atoms with van der Waals surface area (Å²) in [6, 6.07) is 11.7. The average Bonchev–Trinajstić information content (AvgIpc) is 2.77. The van der Waals surface area contributed by atoms with Crippen LogP contribution in [0.1, 0.15) is 5.56 Å². The van der Waals surface area contributed by atoms with E-state index in [-0.39, 0.29) is 5.91 Å². The van der Waals surface area contributed by atoms with Crippen LogP contribution in [0.15, 0.2) is 42.1 Å². The Morgan fingerprint density at radius 2 is 1.85 bits per heavy atom. The molecule has 1 aliphatic heterocycles. The van der Waals surface area contributed by atoms with Crippen LogP contribution in [0.3, 0.4) is 0 Å². The molecule has 0 saturated carbocycles. The topological polar surface area (TPSA) is 50.4 Å². The number of rotatable bonds is 2. The zero-order valence-corrected chi connectivity index (χ0v) is 11.6. The molecule has 0 aromatic heterocycles. The van der Waals surface area contributed by atoms with Crippen LogP contribution in [0.2, 0.25) is 0 Å². The molecule has 0 atom stereocenters. The Morgan fingerprint density at radius 1 is 1.10 bits per heavy atom. The molecule has 0 aliphatic carbocycles. The summed E-state index contributed by atoms with van der Waals surface area (Å²) in [5.41, 5.74) is 1.38. The van der Waals surface area contributed by atoms with E-state index in [2.05, 4.69) is 10.6 Å². The lowest BCUT2D eigenvalue weighted by atomic mass is 10.0. The lowest BCUT2D eigenvalue weighted by Crippen LogP contribution is -2.21. The molecule has 1 heterocycles. The fourth-order valence-corrected chi connectivity index (χ4v) is 2.44. The van der Waals surface area contributed by atoms with E-state index < -0.39 is 0 Å². The number of hydrogen-bond acceptors (Lipinski definition) is 3. The van der Waals surface area contributed by atoms with Crippen LogP contribution in [0.5, 0.6) is 5.75 Å². The van der Waals surface area contributed by atoms with Gasteiger partial charge in [0.2, 0.25) is 0 Å². The number of methoxy groups -OCH3 is 1. The van der Waals surface area contributed by atoms with Crippen molar-refractivity contribution in [1.82, 2.24) is 10.6 Å². The van der Waals surface area contributed by atoms with Gasteiger partial charge in [-0.1, -0.05) is 30.3 Å². The normalized spacial score (nSPS) is 16.4. The van der Waals surface area contributed by atoms with Gasteiger partial charge in [-0.3, -0.25) is 10.1 Å². The minimum Gasteiger partial charge on any atom is -0.496 e. The minimum atomic E-state index is -0.213. The second-order valence-electron chi connectivity index (χ2n) is 4.37. The average molecular weight is 284 g/mol. The highest BCUT2D eigenvalue weighted by molar-refractivity contribution is 7.80. The van der Waals surface area contributed by atoms with Crippen molar-refractivity contribution in [2.75, 3.05) is 7.11 Å². The van der Waals surface area contributed by atoms with Crippen LogP contribution in [0.25, 0.3) is 16.8 Å². The van der Waals surface area contributed by atoms with E-state index in [4.69, 9.17) is 17.0 Å². The van der Waals surface area contributed by atoms with Crippen molar-refractivity contribution < 1.29 is 9.53 Å². The third-order valence-corrected chi connectivity index (χ3v) is 3.36. The minimum absolute atomic E-state index is 0.213. The lowest BCUT2D eigenvalue weighted by Gasteiger charge is -2.08. The van der Waals surface area contributed by atoms with Crippen molar-refractivity contribution >= 4 is 40.1 Å². The first-order chi connectivity index (χ1) is 9.69. The molecule has 1 aliphatic rings. The maximum Gasteiger partial charge on any atom is 0.273 e. The Labute approximate surface area is 121 Å². The molecule has 2 aromatic carbocycles. The highest BCUT2D eigenvalue weighted by Gasteiger charge is 2.20. The smallest absolute Gasteiger partial charge is 0.273 e. The maximum atomic E-state index is 11.7. The fourth-order valence-electron chi connectivity index (χ4n) is 2.24. The second-order valence-corrected chi connectivity index (χ2v) is 4.78. The first-order valence-corrected chi connectivity index (χ1v) is 6.49. The van der Waals surface area contributed by atoms with E-state index in [1.54, 1.807) is 13.2 Å². The molecule has 0 unspecified atom stereocenters. The van der Waals surface area contributed by atoms with Gasteiger partial charge in [-0.25, -0.2) is 0 Å². The molecule has 2 N–H and O–H groups in total. The van der Waals surface area contributed by atoms with Gasteiger partial charge in [-0.15, -0.1) is 0 Å². The highest BCUT2D eigenvalue weighted by atomic mass is 32.1. The van der Waals surface area contributed by atoms with Gasteiger partial charge < -0.3 is 10.1 Å². The van der Waals surface area contributed by atoms with Gasteiger partial charge in [0.25, 0.3) is 5.91 Å². The Bertz CT molecular complexity index is 753. The number of nitrogens with one attached hydrogen (secondary N) is 2. The van der Waals surface area contributed by atoms with Crippen LogP contribution in [-0.2, 0) is 4.79 Å². The number of benzene rings is 2. The first kappa shape index (κ1) is 12.6. The van der Waals surface area contributed by atoms with Crippen LogP contribution >= 0.6 is 12.2 Å². The summed E-state index contributed by atoms with van der Waals surface area (Å²) in [5.74, 6) is 0.594. The molecule has 3 rings (SSSR count). The summed E-state index contributed by atoms with van der Waals surface area (Å²) in [7, 11) is 1.64. The zero-order chi connectivity index (χ0) is 14.1. The van der Waals surface area contributed by atoms with Crippen molar-refractivity contribution in [2.24, 2.45) is 0 Å². The lowest BCUT2D eigenvalue weighted by molar-refractivity contribution is -0.115. The Balaban J connectivity index is 2.16. The van der Waals surface area contributed by atoms with Crippen LogP contribution < -0.4 is 15.4 Å². The van der Waals surface area contributed by atoms with Gasteiger partial charge in [0, 0.05) is 5.39 Å². The summed E-state index contributed by atoms with van der Waals surface area (Å²) in [5, 5.41) is 7.75. The largest absolute Gasteiger partial charge is 0.496 e. The van der Waals surface area contributed by atoms with Crippen molar-refractivity contribution in [1.29, 1.82) is 0 Å². The molecule has 0 bridgehead atoms. The maximum absolute atomic E-state index is 11.7. The number of thiocarbonyl (C=S) groups is 1. The summed E-state index contributed by atoms with van der Waals surface area (Å²) in [6.45, 7) is 0. The Hall–Kier alpha value is -2.40. The van der Waals surface area contributed by atoms with E-state index in [0.717, 1.165) is 22.1 Å². The van der Waals surface area contributed by atoms with Gasteiger partial charge in [0.1, 0.15) is 11.4 Å². The summed E-state index contributed by atoms with van der Waals surface area (Å²) in [4.78, 5) is 11.7. The molecule has 1 saturated heterocycles. The van der Waals surface area contributed by atoms with Crippen LogP contribution in [0, 0.1) is 0 Å². The standard InChI is InChI=1S/C15H12N2O2S/c1-19-13-7-6-9(10-4-2-3-5-11(10)13)8-12-14(18)17-15(20)16-12/h2-8H,1H3,(H2,16,17,18,20)/b12-8-. The molecular formula is C15H12N2O2S. The number of ether oxygens (including phenoxy) is 1.